The van der Waals surface area contributed by atoms with E-state index >= 15 is 4.39 Å². The van der Waals surface area contributed by atoms with Crippen LogP contribution in [-0.4, -0.2) is 126 Å². The van der Waals surface area contributed by atoms with Crippen LogP contribution in [-0.2, 0) is 27.5 Å². The van der Waals surface area contributed by atoms with Gasteiger partial charge < -0.3 is 39.8 Å². The predicted octanol–water partition coefficient (Wildman–Crippen LogP) is 8.21. The Balaban J connectivity index is 0.821. The molecule has 404 valence electrons. The van der Waals surface area contributed by atoms with Crippen molar-refractivity contribution in [3.63, 3.8) is 0 Å². The van der Waals surface area contributed by atoms with Crippen molar-refractivity contribution < 1.29 is 33.3 Å². The average Bonchev–Trinajstić information content (AvgIpc) is 4.28. The molecule has 8 aromatic rings. The number of aliphatic hydroxyl groups is 1. The van der Waals surface area contributed by atoms with Crippen molar-refractivity contribution in [3.05, 3.63) is 112 Å². The highest BCUT2D eigenvalue weighted by molar-refractivity contribution is 7.13. The van der Waals surface area contributed by atoms with Crippen molar-refractivity contribution in [2.75, 3.05) is 38.3 Å². The van der Waals surface area contributed by atoms with Gasteiger partial charge in [0.15, 0.2) is 5.75 Å². The van der Waals surface area contributed by atoms with Crippen LogP contribution in [0.5, 0.6) is 11.8 Å². The lowest BCUT2D eigenvalue weighted by Crippen LogP contribution is -2.49. The first-order chi connectivity index (χ1) is 37.8. The van der Waals surface area contributed by atoms with Crippen LogP contribution in [0.25, 0.3) is 54.6 Å². The molecular formula is C58H63FN12O6S. The summed E-state index contributed by atoms with van der Waals surface area (Å²) in [7, 11) is 1.64. The molecule has 0 unspecified atom stereocenters. The van der Waals surface area contributed by atoms with Gasteiger partial charge in [-0.15, -0.1) is 16.4 Å². The van der Waals surface area contributed by atoms with Crippen molar-refractivity contribution in [2.45, 2.75) is 116 Å². The Hall–Kier alpha value is -7.39. The van der Waals surface area contributed by atoms with Crippen molar-refractivity contribution >= 4 is 50.8 Å². The molecule has 0 spiro atoms. The number of carbonyl (C=O) groups excluding carboxylic acids is 2. The van der Waals surface area contributed by atoms with Crippen LogP contribution < -0.4 is 25.0 Å². The summed E-state index contributed by atoms with van der Waals surface area (Å²) in [5, 5.41) is 35.4. The highest BCUT2D eigenvalue weighted by Gasteiger charge is 2.44. The first-order valence-corrected chi connectivity index (χ1v) is 27.7. The Morgan fingerprint density at radius 2 is 1.73 bits per heavy atom. The molecule has 78 heavy (non-hydrogen) atoms. The van der Waals surface area contributed by atoms with E-state index in [0.717, 1.165) is 92.9 Å². The summed E-state index contributed by atoms with van der Waals surface area (Å²) in [6, 6.07) is 18.6. The van der Waals surface area contributed by atoms with E-state index in [0.29, 0.717) is 39.6 Å². The summed E-state index contributed by atoms with van der Waals surface area (Å²) >= 11 is 1.58. The van der Waals surface area contributed by atoms with Gasteiger partial charge in [0.2, 0.25) is 11.8 Å². The van der Waals surface area contributed by atoms with Gasteiger partial charge in [-0.1, -0.05) is 67.6 Å². The van der Waals surface area contributed by atoms with Gasteiger partial charge in [-0.05, 0) is 91.8 Å². The Kier molecular flexibility index (Phi) is 13.9. The highest BCUT2D eigenvalue weighted by atomic mass is 32.1. The molecule has 7 heterocycles. The Morgan fingerprint density at radius 1 is 0.949 bits per heavy atom. The number of hydrogen-bond donors (Lipinski definition) is 4. The minimum Gasteiger partial charge on any atom is -0.486 e. The van der Waals surface area contributed by atoms with Gasteiger partial charge in [0.1, 0.15) is 48.1 Å². The zero-order valence-electron chi connectivity index (χ0n) is 44.5. The van der Waals surface area contributed by atoms with E-state index < -0.39 is 18.2 Å². The number of aryl methyl sites for hydroxylation is 1. The first kappa shape index (κ1) is 51.4. The average molecular weight is 1080 g/mol. The fourth-order valence-corrected chi connectivity index (χ4v) is 12.3. The highest BCUT2D eigenvalue weighted by Crippen LogP contribution is 2.53. The molecule has 20 heteroatoms. The molecule has 4 fully saturated rings. The molecule has 1 saturated carbocycles. The number of ether oxygens (including phenoxy) is 3. The Bertz CT molecular complexity index is 3540. The maximum absolute atomic E-state index is 16.1. The molecule has 0 radical (unpaired) electrons. The van der Waals surface area contributed by atoms with E-state index in [1.165, 1.54) is 11.0 Å². The second-order valence-electron chi connectivity index (χ2n) is 21.7. The number of β-amino-alcohol motifs (C(OH)–C–C–N with tert-alkyl or cyclic N) is 1. The van der Waals surface area contributed by atoms with E-state index in [4.69, 9.17) is 24.2 Å². The third-order valence-electron chi connectivity index (χ3n) is 15.9. The van der Waals surface area contributed by atoms with Gasteiger partial charge >= 0.3 is 6.01 Å². The zero-order valence-corrected chi connectivity index (χ0v) is 45.3. The summed E-state index contributed by atoms with van der Waals surface area (Å²) in [4.78, 5) is 47.8. The normalized spacial score (nSPS) is 19.9. The summed E-state index contributed by atoms with van der Waals surface area (Å²) < 4.78 is 36.6. The first-order valence-electron chi connectivity index (χ1n) is 26.9. The summed E-state index contributed by atoms with van der Waals surface area (Å²) in [6.45, 7) is 11.9. The number of anilines is 1. The van der Waals surface area contributed by atoms with Crippen LogP contribution in [0.2, 0.25) is 0 Å². The van der Waals surface area contributed by atoms with Crippen LogP contribution in [0.3, 0.4) is 0 Å². The fourth-order valence-electron chi connectivity index (χ4n) is 11.5. The number of hydrogen-bond acceptors (Lipinski definition) is 15. The standard InChI is InChI=1S/C58H63FN12O6S/c1-30(2)52(57(74)70-25-41(72)18-48(70)56(73)61-21-34-7-13-38(14-8-34)54-33(5)62-29-78-54)71-26-47(67-68-71)37-11-9-35(10-12-37)28-76-53-50(49-32(4)45(59)20-46-44(49)23-63-66-46)42(36-15-16-36)19-43-51(53)64-58(77-27-31(3)75-6)65-55(43)69-24-39-17-40(69)22-60-39/h7-14,19-20,23,26,29-31,36,39-41,48,52,60,72H,15-18,21-22,24-25,27-28H2,1-6H3,(H,61,73)(H,63,66)/t31-,39+,40+,41+,48-,52-/m0/s1. The van der Waals surface area contributed by atoms with Crippen LogP contribution in [0.4, 0.5) is 10.2 Å². The minimum atomic E-state index is -0.854. The molecule has 4 aromatic heterocycles. The number of amides is 2. The third-order valence-corrected chi connectivity index (χ3v) is 16.9. The number of aromatic amines is 1. The molecule has 3 aliphatic heterocycles. The largest absolute Gasteiger partial charge is 0.486 e. The van der Waals surface area contributed by atoms with Crippen molar-refractivity contribution in [2.24, 2.45) is 5.92 Å². The van der Waals surface area contributed by atoms with Gasteiger partial charge in [-0.2, -0.15) is 15.1 Å². The lowest BCUT2D eigenvalue weighted by Gasteiger charge is -2.30. The molecule has 2 amide bonds. The van der Waals surface area contributed by atoms with Gasteiger partial charge in [0.25, 0.3) is 0 Å². The SMILES string of the molecule is CO[C@@H](C)COc1nc(N2C[C@H]3C[C@@H]2CN3)c2cc(C3CC3)c(-c3c(C)c(F)cc4[nH]ncc34)c(OCc3ccc(-c4cn([C@H](C(=O)N5C[C@H](O)C[C@H]5C(=O)NCc5ccc(-c6scnc6C)cc5)C(C)C)nn4)cc3)c2n1. The smallest absolute Gasteiger partial charge is 0.319 e. The molecule has 4 aliphatic rings. The number of carbonyl (C=O) groups is 2. The zero-order chi connectivity index (χ0) is 53.9. The van der Waals surface area contributed by atoms with Crippen LogP contribution in [0.1, 0.15) is 86.4 Å². The summed E-state index contributed by atoms with van der Waals surface area (Å²) in [5.74, 6) is 0.287. The van der Waals surface area contributed by atoms with Crippen LogP contribution in [0, 0.1) is 25.6 Å². The maximum Gasteiger partial charge on any atom is 0.319 e. The Labute approximate surface area is 454 Å². The van der Waals surface area contributed by atoms with Crippen molar-refractivity contribution in [1.29, 1.82) is 0 Å². The molecular weight excluding hydrogens is 1010 g/mol. The number of piperazine rings is 1. The molecule has 18 nitrogen and oxygen atoms in total. The van der Waals surface area contributed by atoms with E-state index in [9.17, 15) is 14.7 Å². The number of fused-ring (bicyclic) bond motifs is 4. The number of benzene rings is 4. The Morgan fingerprint density at radius 3 is 2.44 bits per heavy atom. The minimum absolute atomic E-state index is 0.0273. The van der Waals surface area contributed by atoms with E-state index in [-0.39, 0.29) is 80.3 Å². The maximum atomic E-state index is 16.1. The predicted molar refractivity (Wildman–Crippen MR) is 295 cm³/mol. The molecule has 2 bridgehead atoms. The second kappa shape index (κ2) is 21.1. The molecule has 4 aromatic carbocycles. The molecule has 12 rings (SSSR count). The molecule has 1 aliphatic carbocycles. The van der Waals surface area contributed by atoms with Gasteiger partial charge in [0.05, 0.1) is 46.2 Å². The number of likely N-dealkylation sites (tertiary alicyclic amines) is 1. The number of nitrogens with one attached hydrogen (secondary N) is 3. The number of halogens is 1. The topological polar surface area (TPSA) is 211 Å². The summed E-state index contributed by atoms with van der Waals surface area (Å²) in [5.41, 5.74) is 11.1. The van der Waals surface area contributed by atoms with Gasteiger partial charge in [0, 0.05) is 79.3 Å². The van der Waals surface area contributed by atoms with Crippen molar-refractivity contribution in [3.8, 4) is 44.6 Å². The molecule has 4 N–H and O–H groups in total. The van der Waals surface area contributed by atoms with E-state index in [1.54, 1.807) is 42.4 Å². The van der Waals surface area contributed by atoms with Crippen LogP contribution >= 0.6 is 11.3 Å². The number of aromatic nitrogens is 8. The number of methoxy groups -OCH3 is 1. The van der Waals surface area contributed by atoms with Gasteiger partial charge in [-0.25, -0.2) is 14.1 Å². The molecule has 6 atom stereocenters. The van der Waals surface area contributed by atoms with Crippen molar-refractivity contribution in [1.82, 2.24) is 55.7 Å². The number of aliphatic hydroxyl groups excluding tert-OH is 1. The number of thiazole rings is 1. The number of nitrogens with zero attached hydrogens (tertiary/aromatic N) is 9. The number of rotatable bonds is 18. The quantitative estimate of drug-likeness (QED) is 0.0639. The van der Waals surface area contributed by atoms with E-state index in [2.05, 4.69) is 47.1 Å². The fraction of sp³-hybridized carbons (Fsp3) is 0.414. The lowest BCUT2D eigenvalue weighted by atomic mass is 9.88. The van der Waals surface area contributed by atoms with Gasteiger partial charge in [-0.3, -0.25) is 14.7 Å². The lowest BCUT2D eigenvalue weighted by molar-refractivity contribution is -0.142. The monoisotopic (exact) mass is 1070 g/mol. The second-order valence-corrected chi connectivity index (χ2v) is 22.6. The van der Waals surface area contributed by atoms with E-state index in [1.807, 2.05) is 81.7 Å². The number of H-pyrrole nitrogens is 1. The third kappa shape index (κ3) is 9.83. The summed E-state index contributed by atoms with van der Waals surface area (Å²) in [6.07, 6.45) is 5.53. The van der Waals surface area contributed by atoms with Crippen LogP contribution in [0.15, 0.2) is 78.6 Å². The molecule has 3 saturated heterocycles.